The van der Waals surface area contributed by atoms with Gasteiger partial charge in [-0.25, -0.2) is 0 Å². The Hall–Kier alpha value is -0.970. The summed E-state index contributed by atoms with van der Waals surface area (Å²) in [5.41, 5.74) is 5.34. The number of hydrogen-bond acceptors (Lipinski definition) is 4. The summed E-state index contributed by atoms with van der Waals surface area (Å²) < 4.78 is 0. The lowest BCUT2D eigenvalue weighted by Gasteiger charge is -1.97. The first-order chi connectivity index (χ1) is 4.34. The molecule has 1 heterocycles. The highest BCUT2D eigenvalue weighted by molar-refractivity contribution is 4.87. The van der Waals surface area contributed by atoms with Crippen LogP contribution in [0.1, 0.15) is 18.7 Å². The van der Waals surface area contributed by atoms with Crippen LogP contribution in [-0.4, -0.2) is 27.2 Å². The summed E-state index contributed by atoms with van der Waals surface area (Å²) in [7, 11) is 0. The minimum atomic E-state index is 0.198. The standard InChI is InChI=1S/C4H9N5/c1-3(2-5)4-6-8-9-7-4/h3H,2,5H2,1H3,(H,6,7,8,9)/t3-/m0/s1. The zero-order valence-electron chi connectivity index (χ0n) is 5.20. The van der Waals surface area contributed by atoms with Crippen LogP contribution in [0.2, 0.25) is 0 Å². The molecule has 0 aromatic carbocycles. The molecule has 0 aliphatic rings. The Morgan fingerprint density at radius 3 is 3.00 bits per heavy atom. The molecule has 5 nitrogen and oxygen atoms in total. The Kier molecular flexibility index (Phi) is 1.74. The molecule has 0 radical (unpaired) electrons. The lowest BCUT2D eigenvalue weighted by molar-refractivity contribution is 0.714. The van der Waals surface area contributed by atoms with Gasteiger partial charge in [0.15, 0.2) is 5.82 Å². The second-order valence-electron chi connectivity index (χ2n) is 1.91. The first-order valence-electron chi connectivity index (χ1n) is 2.78. The second kappa shape index (κ2) is 2.54. The number of nitrogens with two attached hydrogens (primary N) is 1. The Balaban J connectivity index is 2.65. The molecule has 3 N–H and O–H groups in total. The van der Waals surface area contributed by atoms with Gasteiger partial charge in [0, 0.05) is 12.5 Å². The molecular weight excluding hydrogens is 118 g/mol. The molecule has 1 aromatic rings. The van der Waals surface area contributed by atoms with Crippen LogP contribution in [0.3, 0.4) is 0 Å². The van der Waals surface area contributed by atoms with Crippen LogP contribution in [-0.2, 0) is 0 Å². The van der Waals surface area contributed by atoms with Crippen molar-refractivity contribution in [1.82, 2.24) is 20.6 Å². The Bertz CT molecular complexity index is 157. The fourth-order valence-electron chi connectivity index (χ4n) is 0.484. The lowest BCUT2D eigenvalue weighted by atomic mass is 10.2. The quantitative estimate of drug-likeness (QED) is 0.548. The monoisotopic (exact) mass is 127 g/mol. The normalized spacial score (nSPS) is 13.6. The van der Waals surface area contributed by atoms with E-state index in [1.165, 1.54) is 0 Å². The minimum Gasteiger partial charge on any atom is -0.330 e. The molecule has 9 heavy (non-hydrogen) atoms. The molecule has 0 spiro atoms. The van der Waals surface area contributed by atoms with Crippen LogP contribution >= 0.6 is 0 Å². The fourth-order valence-corrected chi connectivity index (χ4v) is 0.484. The number of nitrogens with zero attached hydrogens (tertiary/aromatic N) is 3. The van der Waals surface area contributed by atoms with Crippen molar-refractivity contribution < 1.29 is 0 Å². The number of hydrogen-bond donors (Lipinski definition) is 2. The van der Waals surface area contributed by atoms with Crippen molar-refractivity contribution in [3.63, 3.8) is 0 Å². The highest BCUT2D eigenvalue weighted by atomic mass is 15.5. The summed E-state index contributed by atoms with van der Waals surface area (Å²) >= 11 is 0. The third-order valence-electron chi connectivity index (χ3n) is 1.16. The number of H-pyrrole nitrogens is 1. The molecule has 5 heteroatoms. The molecule has 0 aliphatic carbocycles. The van der Waals surface area contributed by atoms with Gasteiger partial charge in [0.2, 0.25) is 0 Å². The summed E-state index contributed by atoms with van der Waals surface area (Å²) in [6, 6.07) is 0. The van der Waals surface area contributed by atoms with E-state index in [9.17, 15) is 0 Å². The maximum Gasteiger partial charge on any atom is 0.178 e. The van der Waals surface area contributed by atoms with Crippen molar-refractivity contribution in [3.05, 3.63) is 5.82 Å². The van der Waals surface area contributed by atoms with Gasteiger partial charge in [0.25, 0.3) is 0 Å². The van der Waals surface area contributed by atoms with E-state index in [1.807, 2.05) is 6.92 Å². The number of rotatable bonds is 2. The van der Waals surface area contributed by atoms with Crippen molar-refractivity contribution in [2.75, 3.05) is 6.54 Å². The SMILES string of the molecule is C[C@@H](CN)c1nn[nH]n1. The molecule has 50 valence electrons. The van der Waals surface area contributed by atoms with Gasteiger partial charge in [-0.3, -0.25) is 0 Å². The topological polar surface area (TPSA) is 80.5 Å². The van der Waals surface area contributed by atoms with Gasteiger partial charge in [-0.1, -0.05) is 12.1 Å². The zero-order chi connectivity index (χ0) is 6.69. The Morgan fingerprint density at radius 1 is 1.78 bits per heavy atom. The van der Waals surface area contributed by atoms with E-state index in [2.05, 4.69) is 20.6 Å². The van der Waals surface area contributed by atoms with Crippen LogP contribution in [0.25, 0.3) is 0 Å². The molecule has 1 aromatic heterocycles. The van der Waals surface area contributed by atoms with Gasteiger partial charge in [0.05, 0.1) is 0 Å². The van der Waals surface area contributed by atoms with Crippen LogP contribution in [0.15, 0.2) is 0 Å². The van der Waals surface area contributed by atoms with Gasteiger partial charge in [-0.2, -0.15) is 5.21 Å². The fraction of sp³-hybridized carbons (Fsp3) is 0.750. The van der Waals surface area contributed by atoms with Gasteiger partial charge >= 0.3 is 0 Å². The van der Waals surface area contributed by atoms with Crippen LogP contribution in [0, 0.1) is 0 Å². The number of aromatic nitrogens is 4. The first kappa shape index (κ1) is 6.15. The lowest BCUT2D eigenvalue weighted by Crippen LogP contribution is -2.10. The van der Waals surface area contributed by atoms with Gasteiger partial charge in [0.1, 0.15) is 0 Å². The molecule has 0 fully saturated rings. The Labute approximate surface area is 52.6 Å². The molecule has 0 aliphatic heterocycles. The molecule has 0 amide bonds. The molecular formula is C4H9N5. The number of tetrazole rings is 1. The summed E-state index contributed by atoms with van der Waals surface area (Å²) in [6.45, 7) is 2.50. The van der Waals surface area contributed by atoms with Crippen molar-refractivity contribution in [2.24, 2.45) is 5.73 Å². The predicted octanol–water partition coefficient (Wildman–Crippen LogP) is -0.738. The van der Waals surface area contributed by atoms with Crippen LogP contribution in [0.5, 0.6) is 0 Å². The average molecular weight is 127 g/mol. The third-order valence-corrected chi connectivity index (χ3v) is 1.16. The number of aromatic amines is 1. The van der Waals surface area contributed by atoms with E-state index < -0.39 is 0 Å². The molecule has 1 atom stereocenters. The maximum absolute atomic E-state index is 5.34. The van der Waals surface area contributed by atoms with Gasteiger partial charge in [-0.05, 0) is 0 Å². The van der Waals surface area contributed by atoms with Crippen LogP contribution in [0.4, 0.5) is 0 Å². The molecule has 0 saturated heterocycles. The van der Waals surface area contributed by atoms with Gasteiger partial charge in [-0.15, -0.1) is 10.2 Å². The second-order valence-corrected chi connectivity index (χ2v) is 1.91. The predicted molar refractivity (Wildman–Crippen MR) is 31.6 cm³/mol. The molecule has 0 saturated carbocycles. The zero-order valence-corrected chi connectivity index (χ0v) is 5.20. The number of nitrogens with one attached hydrogen (secondary N) is 1. The van der Waals surface area contributed by atoms with Crippen LogP contribution < -0.4 is 5.73 Å². The average Bonchev–Trinajstić information content (AvgIpc) is 2.37. The molecule has 1 rings (SSSR count). The van der Waals surface area contributed by atoms with E-state index >= 15 is 0 Å². The minimum absolute atomic E-state index is 0.198. The molecule has 0 bridgehead atoms. The first-order valence-corrected chi connectivity index (χ1v) is 2.78. The van der Waals surface area contributed by atoms with Gasteiger partial charge < -0.3 is 5.73 Å². The largest absolute Gasteiger partial charge is 0.330 e. The smallest absolute Gasteiger partial charge is 0.178 e. The van der Waals surface area contributed by atoms with Crippen molar-refractivity contribution >= 4 is 0 Å². The van der Waals surface area contributed by atoms with Crippen molar-refractivity contribution in [3.8, 4) is 0 Å². The summed E-state index contributed by atoms with van der Waals surface area (Å²) in [5.74, 6) is 0.876. The Morgan fingerprint density at radius 2 is 2.56 bits per heavy atom. The van der Waals surface area contributed by atoms with Crippen molar-refractivity contribution in [1.29, 1.82) is 0 Å². The summed E-state index contributed by atoms with van der Waals surface area (Å²) in [5, 5.41) is 13.3. The van der Waals surface area contributed by atoms with E-state index in [0.717, 1.165) is 0 Å². The third kappa shape index (κ3) is 1.23. The summed E-state index contributed by atoms with van der Waals surface area (Å²) in [4.78, 5) is 0. The maximum atomic E-state index is 5.34. The summed E-state index contributed by atoms with van der Waals surface area (Å²) in [6.07, 6.45) is 0. The molecule has 0 unspecified atom stereocenters. The van der Waals surface area contributed by atoms with E-state index in [-0.39, 0.29) is 5.92 Å². The highest BCUT2D eigenvalue weighted by Gasteiger charge is 2.05. The van der Waals surface area contributed by atoms with Crippen molar-refractivity contribution in [2.45, 2.75) is 12.8 Å². The van der Waals surface area contributed by atoms with E-state index in [0.29, 0.717) is 12.4 Å². The highest BCUT2D eigenvalue weighted by Crippen LogP contribution is 2.03. The van der Waals surface area contributed by atoms with E-state index in [1.54, 1.807) is 0 Å². The van der Waals surface area contributed by atoms with E-state index in [4.69, 9.17) is 5.73 Å².